The van der Waals surface area contributed by atoms with E-state index in [1.165, 1.54) is 25.9 Å². The first-order valence-corrected chi connectivity index (χ1v) is 19.8. The Morgan fingerprint density at radius 1 is 0.500 bits per heavy atom. The van der Waals surface area contributed by atoms with E-state index >= 15 is 0 Å². The van der Waals surface area contributed by atoms with Gasteiger partial charge in [0.05, 0.1) is 0 Å². The van der Waals surface area contributed by atoms with Gasteiger partial charge in [-0.05, 0) is 59.0 Å². The Labute approximate surface area is 327 Å². The van der Waals surface area contributed by atoms with Crippen LogP contribution in [-0.4, -0.2) is 15.0 Å². The van der Waals surface area contributed by atoms with Gasteiger partial charge in [0.2, 0.25) is 0 Å². The van der Waals surface area contributed by atoms with Gasteiger partial charge in [-0.3, -0.25) is 0 Å². The van der Waals surface area contributed by atoms with Crippen molar-refractivity contribution in [2.75, 3.05) is 0 Å². The van der Waals surface area contributed by atoms with Crippen LogP contribution in [0.2, 0.25) is 0 Å². The lowest BCUT2D eigenvalue weighted by molar-refractivity contribution is 0.670. The van der Waals surface area contributed by atoms with Gasteiger partial charge in [-0.1, -0.05) is 152 Å². The molecule has 11 rings (SSSR count). The number of allylic oxidation sites excluding steroid dienone is 4. The number of fused-ring (bicyclic) bond motifs is 6. The summed E-state index contributed by atoms with van der Waals surface area (Å²) in [5.41, 5.74) is 10.6. The summed E-state index contributed by atoms with van der Waals surface area (Å²) in [6.07, 6.45) is 7.59. The van der Waals surface area contributed by atoms with Crippen molar-refractivity contribution in [1.29, 1.82) is 0 Å². The molecule has 0 N–H and O–H groups in total. The fraction of sp³-hybridized carbons (Fsp3) is 0.0392. The third kappa shape index (κ3) is 5.64. The molecule has 3 aromatic heterocycles. The second-order valence-corrected chi connectivity index (χ2v) is 15.4. The molecule has 7 aromatic carbocycles. The molecule has 0 bridgehead atoms. The Kier molecular flexibility index (Phi) is 7.78. The average molecular weight is 736 g/mol. The van der Waals surface area contributed by atoms with Gasteiger partial charge in [0.15, 0.2) is 17.5 Å². The van der Waals surface area contributed by atoms with E-state index in [9.17, 15) is 0 Å². The van der Waals surface area contributed by atoms with Gasteiger partial charge in [-0.2, -0.15) is 0 Å². The Morgan fingerprint density at radius 2 is 1.23 bits per heavy atom. The molecule has 4 nitrogen and oxygen atoms in total. The summed E-state index contributed by atoms with van der Waals surface area (Å²) in [7, 11) is 0. The molecule has 0 spiro atoms. The van der Waals surface area contributed by atoms with Crippen LogP contribution in [0, 0.1) is 0 Å². The maximum Gasteiger partial charge on any atom is 0.164 e. The molecule has 1 atom stereocenters. The summed E-state index contributed by atoms with van der Waals surface area (Å²) in [6, 6.07) is 57.6. The predicted molar refractivity (Wildman–Crippen MR) is 233 cm³/mol. The molecular weight excluding hydrogens is 703 g/mol. The molecule has 264 valence electrons. The number of thiophene rings is 1. The van der Waals surface area contributed by atoms with Gasteiger partial charge in [0.1, 0.15) is 11.2 Å². The second-order valence-electron chi connectivity index (χ2n) is 14.3. The number of para-hydroxylation sites is 1. The number of rotatable bonds is 6. The van der Waals surface area contributed by atoms with Crippen LogP contribution in [0.15, 0.2) is 186 Å². The van der Waals surface area contributed by atoms with Gasteiger partial charge < -0.3 is 4.42 Å². The minimum absolute atomic E-state index is 0.328. The summed E-state index contributed by atoms with van der Waals surface area (Å²) < 4.78 is 8.97. The molecule has 1 unspecified atom stereocenters. The molecule has 0 amide bonds. The maximum atomic E-state index is 6.59. The third-order valence-electron chi connectivity index (χ3n) is 10.9. The van der Waals surface area contributed by atoms with Crippen LogP contribution in [0.25, 0.3) is 92.7 Å². The summed E-state index contributed by atoms with van der Waals surface area (Å²) in [5, 5.41) is 4.57. The normalized spacial score (nSPS) is 14.2. The predicted octanol–water partition coefficient (Wildman–Crippen LogP) is 13.9. The third-order valence-corrected chi connectivity index (χ3v) is 12.0. The molecule has 56 heavy (non-hydrogen) atoms. The van der Waals surface area contributed by atoms with Crippen molar-refractivity contribution in [1.82, 2.24) is 15.0 Å². The smallest absolute Gasteiger partial charge is 0.164 e. The standard InChI is InChI=1S/C51H33N3OS/c1-4-13-32(14-5-1)34-23-25-36(26-24-34)50-52-49(35-17-8-3-9-18-35)53-51(54-50)41-20-12-22-45-47(41)40-28-27-37(31-46(40)56-45)42-29-38(33-15-6-2-7-16-33)30-43-39-19-10-11-21-44(39)55-48(42)43/h1-23,25-31,34H,24H2. The van der Waals surface area contributed by atoms with Crippen molar-refractivity contribution in [3.8, 4) is 45.0 Å². The van der Waals surface area contributed by atoms with Crippen LogP contribution in [0.3, 0.4) is 0 Å². The lowest BCUT2D eigenvalue weighted by Gasteiger charge is -2.17. The molecule has 0 aliphatic heterocycles. The summed E-state index contributed by atoms with van der Waals surface area (Å²) in [6.45, 7) is 0. The fourth-order valence-corrected chi connectivity index (χ4v) is 9.27. The summed E-state index contributed by atoms with van der Waals surface area (Å²) >= 11 is 1.80. The van der Waals surface area contributed by atoms with Crippen molar-refractivity contribution in [2.24, 2.45) is 0 Å². The molecule has 1 aliphatic carbocycles. The second kappa shape index (κ2) is 13.4. The van der Waals surface area contributed by atoms with Crippen LogP contribution < -0.4 is 0 Å². The highest BCUT2D eigenvalue weighted by Gasteiger charge is 2.21. The van der Waals surface area contributed by atoms with Gasteiger partial charge in [-0.15, -0.1) is 11.3 Å². The Hall–Kier alpha value is -6.95. The number of benzene rings is 7. The first-order valence-electron chi connectivity index (χ1n) is 19.0. The van der Waals surface area contributed by atoms with E-state index in [-0.39, 0.29) is 0 Å². The average Bonchev–Trinajstić information content (AvgIpc) is 3.85. The number of hydrogen-bond acceptors (Lipinski definition) is 5. The number of aromatic nitrogens is 3. The van der Waals surface area contributed by atoms with Crippen LogP contribution in [-0.2, 0) is 0 Å². The highest BCUT2D eigenvalue weighted by atomic mass is 32.1. The first kappa shape index (κ1) is 32.5. The molecule has 0 fully saturated rings. The number of hydrogen-bond donors (Lipinski definition) is 0. The zero-order valence-electron chi connectivity index (χ0n) is 30.3. The minimum atomic E-state index is 0.328. The molecule has 5 heteroatoms. The van der Waals surface area contributed by atoms with Gasteiger partial charge in [0.25, 0.3) is 0 Å². The monoisotopic (exact) mass is 735 g/mol. The minimum Gasteiger partial charge on any atom is -0.455 e. The van der Waals surface area contributed by atoms with E-state index in [0.717, 1.165) is 67.1 Å². The lowest BCUT2D eigenvalue weighted by Crippen LogP contribution is -2.05. The quantitative estimate of drug-likeness (QED) is 0.171. The van der Waals surface area contributed by atoms with Crippen LogP contribution >= 0.6 is 11.3 Å². The summed E-state index contributed by atoms with van der Waals surface area (Å²) in [5.74, 6) is 2.34. The summed E-state index contributed by atoms with van der Waals surface area (Å²) in [4.78, 5) is 15.4. The fourth-order valence-electron chi connectivity index (χ4n) is 8.09. The Balaban J connectivity index is 1.05. The lowest BCUT2D eigenvalue weighted by atomic mass is 9.90. The molecule has 0 radical (unpaired) electrons. The van der Waals surface area contributed by atoms with Gasteiger partial charge in [-0.25, -0.2) is 15.0 Å². The van der Waals surface area contributed by atoms with E-state index in [4.69, 9.17) is 19.4 Å². The zero-order chi connectivity index (χ0) is 37.0. The molecule has 0 saturated heterocycles. The van der Waals surface area contributed by atoms with Crippen molar-refractivity contribution in [2.45, 2.75) is 12.3 Å². The Bertz CT molecular complexity index is 3160. The first-order chi connectivity index (χ1) is 27.7. The molecular formula is C51H33N3OS. The van der Waals surface area contributed by atoms with Gasteiger partial charge in [0, 0.05) is 59.1 Å². The van der Waals surface area contributed by atoms with Crippen LogP contribution in [0.1, 0.15) is 23.7 Å². The van der Waals surface area contributed by atoms with Crippen molar-refractivity contribution < 1.29 is 4.42 Å². The topological polar surface area (TPSA) is 51.8 Å². The molecule has 0 saturated carbocycles. The van der Waals surface area contributed by atoms with Crippen LogP contribution in [0.5, 0.6) is 0 Å². The van der Waals surface area contributed by atoms with E-state index in [0.29, 0.717) is 23.4 Å². The maximum absolute atomic E-state index is 6.59. The highest BCUT2D eigenvalue weighted by Crippen LogP contribution is 2.44. The molecule has 10 aromatic rings. The van der Waals surface area contributed by atoms with E-state index in [1.54, 1.807) is 11.3 Å². The zero-order valence-corrected chi connectivity index (χ0v) is 31.1. The SMILES string of the molecule is C1=CC(c2ccccc2)CC=C1c1nc(-c2ccccc2)nc(-c2cccc3sc4cc(-c5cc(-c6ccccc6)cc6c5oc5ccccc56)ccc4c23)n1. The molecule has 1 aliphatic rings. The van der Waals surface area contributed by atoms with Crippen molar-refractivity contribution in [3.63, 3.8) is 0 Å². The highest BCUT2D eigenvalue weighted by molar-refractivity contribution is 7.26. The van der Waals surface area contributed by atoms with Gasteiger partial charge >= 0.3 is 0 Å². The van der Waals surface area contributed by atoms with E-state index in [2.05, 4.69) is 158 Å². The van der Waals surface area contributed by atoms with Crippen molar-refractivity contribution >= 4 is 59.0 Å². The van der Waals surface area contributed by atoms with Crippen molar-refractivity contribution in [3.05, 3.63) is 193 Å². The van der Waals surface area contributed by atoms with E-state index in [1.807, 2.05) is 24.3 Å². The number of nitrogens with zero attached hydrogens (tertiary/aromatic N) is 3. The number of furan rings is 1. The largest absolute Gasteiger partial charge is 0.455 e. The Morgan fingerprint density at radius 3 is 2.04 bits per heavy atom. The van der Waals surface area contributed by atoms with E-state index < -0.39 is 0 Å². The van der Waals surface area contributed by atoms with Crippen LogP contribution in [0.4, 0.5) is 0 Å². The molecule has 3 heterocycles.